The molecular formula is C17H33NO3. The number of hydrogen-bond donors (Lipinski definition) is 3. The van der Waals surface area contributed by atoms with E-state index >= 15 is 0 Å². The van der Waals surface area contributed by atoms with Crippen LogP contribution in [0.5, 0.6) is 0 Å². The zero-order valence-electron chi connectivity index (χ0n) is 13.5. The zero-order chi connectivity index (χ0) is 15.1. The van der Waals surface area contributed by atoms with Crippen molar-refractivity contribution in [2.24, 2.45) is 11.8 Å². The van der Waals surface area contributed by atoms with E-state index in [1.54, 1.807) is 0 Å². The zero-order valence-corrected chi connectivity index (χ0v) is 13.5. The molecule has 0 spiro atoms. The Bertz CT molecular complexity index is 287. The van der Waals surface area contributed by atoms with Crippen LogP contribution in [0.15, 0.2) is 0 Å². The molecular weight excluding hydrogens is 266 g/mol. The predicted molar refractivity (Wildman–Crippen MR) is 84.2 cm³/mol. The Morgan fingerprint density at radius 2 is 1.95 bits per heavy atom. The molecule has 21 heavy (non-hydrogen) atoms. The minimum atomic E-state index is -0.442. The lowest BCUT2D eigenvalue weighted by Gasteiger charge is -2.29. The first-order valence-corrected chi connectivity index (χ1v) is 8.83. The van der Waals surface area contributed by atoms with Gasteiger partial charge in [0.05, 0.1) is 24.9 Å². The SMILES string of the molecule is CC1CCCC(OCC(O)CNCC2CCCCC2O)C1. The van der Waals surface area contributed by atoms with E-state index in [-0.39, 0.29) is 6.10 Å². The first-order valence-electron chi connectivity index (χ1n) is 8.83. The second kappa shape index (κ2) is 9.09. The number of hydrogen-bond acceptors (Lipinski definition) is 4. The van der Waals surface area contributed by atoms with Gasteiger partial charge in [0, 0.05) is 13.1 Å². The van der Waals surface area contributed by atoms with Crippen molar-refractivity contribution >= 4 is 0 Å². The van der Waals surface area contributed by atoms with Crippen LogP contribution in [-0.4, -0.2) is 48.2 Å². The lowest BCUT2D eigenvalue weighted by Crippen LogP contribution is -2.38. The van der Waals surface area contributed by atoms with E-state index in [2.05, 4.69) is 12.2 Å². The van der Waals surface area contributed by atoms with Crippen molar-refractivity contribution in [3.05, 3.63) is 0 Å². The first kappa shape index (κ1) is 17.2. The molecule has 0 aliphatic heterocycles. The highest BCUT2D eigenvalue weighted by molar-refractivity contribution is 4.77. The minimum Gasteiger partial charge on any atom is -0.393 e. The lowest BCUT2D eigenvalue weighted by molar-refractivity contribution is -0.0313. The van der Waals surface area contributed by atoms with Gasteiger partial charge in [-0.3, -0.25) is 0 Å². The summed E-state index contributed by atoms with van der Waals surface area (Å²) in [6.45, 7) is 4.07. The van der Waals surface area contributed by atoms with Gasteiger partial charge in [-0.2, -0.15) is 0 Å². The molecule has 0 amide bonds. The third-order valence-electron chi connectivity index (χ3n) is 5.07. The molecule has 4 nitrogen and oxygen atoms in total. The van der Waals surface area contributed by atoms with Crippen molar-refractivity contribution in [2.75, 3.05) is 19.7 Å². The van der Waals surface area contributed by atoms with Crippen LogP contribution >= 0.6 is 0 Å². The summed E-state index contributed by atoms with van der Waals surface area (Å²) < 4.78 is 5.84. The molecule has 2 aliphatic carbocycles. The lowest BCUT2D eigenvalue weighted by atomic mass is 9.86. The Morgan fingerprint density at radius 1 is 1.14 bits per heavy atom. The van der Waals surface area contributed by atoms with Crippen LogP contribution in [0.4, 0.5) is 0 Å². The second-order valence-electron chi connectivity index (χ2n) is 7.15. The molecule has 2 saturated carbocycles. The van der Waals surface area contributed by atoms with Crippen LogP contribution in [0.1, 0.15) is 58.3 Å². The Balaban J connectivity index is 1.53. The molecule has 0 aromatic rings. The number of ether oxygens (including phenoxy) is 1. The van der Waals surface area contributed by atoms with E-state index in [0.717, 1.165) is 44.6 Å². The minimum absolute atomic E-state index is 0.164. The molecule has 4 heteroatoms. The van der Waals surface area contributed by atoms with Crippen LogP contribution in [0, 0.1) is 11.8 Å². The average Bonchev–Trinajstić information content (AvgIpc) is 2.47. The summed E-state index contributed by atoms with van der Waals surface area (Å²) in [5.41, 5.74) is 0. The molecule has 2 fully saturated rings. The standard InChI is InChI=1S/C17H33NO3/c1-13-5-4-7-16(9-13)21-12-15(19)11-18-10-14-6-2-3-8-17(14)20/h13-20H,2-12H2,1H3. The predicted octanol–water partition coefficient (Wildman–Crippen LogP) is 2.08. The van der Waals surface area contributed by atoms with E-state index in [0.29, 0.717) is 25.2 Å². The summed E-state index contributed by atoms with van der Waals surface area (Å²) in [6, 6.07) is 0. The largest absolute Gasteiger partial charge is 0.393 e. The maximum atomic E-state index is 9.99. The van der Waals surface area contributed by atoms with Crippen molar-refractivity contribution in [1.82, 2.24) is 5.32 Å². The quantitative estimate of drug-likeness (QED) is 0.673. The number of aliphatic hydroxyl groups is 2. The Hall–Kier alpha value is -0.160. The van der Waals surface area contributed by atoms with Crippen LogP contribution in [0.2, 0.25) is 0 Å². The van der Waals surface area contributed by atoms with Crippen molar-refractivity contribution in [3.63, 3.8) is 0 Å². The monoisotopic (exact) mass is 299 g/mol. The van der Waals surface area contributed by atoms with Gasteiger partial charge in [0.15, 0.2) is 0 Å². The molecule has 124 valence electrons. The van der Waals surface area contributed by atoms with Gasteiger partial charge >= 0.3 is 0 Å². The number of rotatable bonds is 7. The van der Waals surface area contributed by atoms with Crippen molar-refractivity contribution in [2.45, 2.75) is 76.6 Å². The third kappa shape index (κ3) is 6.23. The maximum absolute atomic E-state index is 9.99. The number of nitrogens with one attached hydrogen (secondary N) is 1. The fourth-order valence-electron chi connectivity index (χ4n) is 3.70. The smallest absolute Gasteiger partial charge is 0.0897 e. The van der Waals surface area contributed by atoms with Gasteiger partial charge in [-0.25, -0.2) is 0 Å². The van der Waals surface area contributed by atoms with E-state index < -0.39 is 6.10 Å². The molecule has 2 rings (SSSR count). The van der Waals surface area contributed by atoms with Crippen LogP contribution in [0.3, 0.4) is 0 Å². The fourth-order valence-corrected chi connectivity index (χ4v) is 3.70. The summed E-state index contributed by atoms with van der Waals surface area (Å²) in [7, 11) is 0. The van der Waals surface area contributed by atoms with Gasteiger partial charge in [0.2, 0.25) is 0 Å². The van der Waals surface area contributed by atoms with Crippen LogP contribution in [-0.2, 0) is 4.74 Å². The summed E-state index contributed by atoms with van der Waals surface area (Å²) in [5.74, 6) is 1.11. The highest BCUT2D eigenvalue weighted by atomic mass is 16.5. The van der Waals surface area contributed by atoms with Gasteiger partial charge in [0.25, 0.3) is 0 Å². The van der Waals surface area contributed by atoms with Crippen LogP contribution in [0.25, 0.3) is 0 Å². The molecule has 0 radical (unpaired) electrons. The van der Waals surface area contributed by atoms with E-state index in [9.17, 15) is 10.2 Å². The van der Waals surface area contributed by atoms with Crippen molar-refractivity contribution in [1.29, 1.82) is 0 Å². The molecule has 5 atom stereocenters. The Labute approximate surface area is 129 Å². The van der Waals surface area contributed by atoms with E-state index in [1.807, 2.05) is 0 Å². The second-order valence-corrected chi connectivity index (χ2v) is 7.15. The van der Waals surface area contributed by atoms with Crippen molar-refractivity contribution in [3.8, 4) is 0 Å². The third-order valence-corrected chi connectivity index (χ3v) is 5.07. The highest BCUT2D eigenvalue weighted by Crippen LogP contribution is 2.26. The summed E-state index contributed by atoms with van der Waals surface area (Å²) >= 11 is 0. The summed E-state index contributed by atoms with van der Waals surface area (Å²) in [6.07, 6.45) is 8.96. The van der Waals surface area contributed by atoms with E-state index in [1.165, 1.54) is 19.3 Å². The first-order chi connectivity index (χ1) is 10.1. The van der Waals surface area contributed by atoms with Gasteiger partial charge in [-0.1, -0.05) is 32.6 Å². The van der Waals surface area contributed by atoms with Gasteiger partial charge in [0.1, 0.15) is 0 Å². The Morgan fingerprint density at radius 3 is 2.71 bits per heavy atom. The van der Waals surface area contributed by atoms with Gasteiger partial charge in [-0.05, 0) is 37.5 Å². The maximum Gasteiger partial charge on any atom is 0.0897 e. The molecule has 0 aromatic carbocycles. The highest BCUT2D eigenvalue weighted by Gasteiger charge is 2.23. The molecule has 2 aliphatic rings. The topological polar surface area (TPSA) is 61.7 Å². The van der Waals surface area contributed by atoms with Gasteiger partial charge in [-0.15, -0.1) is 0 Å². The van der Waals surface area contributed by atoms with E-state index in [4.69, 9.17) is 4.74 Å². The molecule has 0 bridgehead atoms. The normalized spacial score (nSPS) is 35.6. The van der Waals surface area contributed by atoms with Crippen molar-refractivity contribution < 1.29 is 14.9 Å². The van der Waals surface area contributed by atoms with Gasteiger partial charge < -0.3 is 20.3 Å². The fraction of sp³-hybridized carbons (Fsp3) is 1.00. The summed E-state index contributed by atoms with van der Waals surface area (Å²) in [4.78, 5) is 0. The molecule has 5 unspecified atom stereocenters. The number of aliphatic hydroxyl groups excluding tert-OH is 2. The van der Waals surface area contributed by atoms with Crippen LogP contribution < -0.4 is 5.32 Å². The summed E-state index contributed by atoms with van der Waals surface area (Å²) in [5, 5.41) is 23.2. The molecule has 0 saturated heterocycles. The molecule has 3 N–H and O–H groups in total. The average molecular weight is 299 g/mol. The molecule has 0 heterocycles. The Kier molecular flexibility index (Phi) is 7.44. The molecule has 0 aromatic heterocycles.